The molecule has 0 amide bonds. The maximum Gasteiger partial charge on any atom is 0.203 e. The molecule has 0 unspecified atom stereocenters. The molecule has 0 fully saturated rings. The second-order valence-electron chi connectivity index (χ2n) is 4.53. The molecule has 0 radical (unpaired) electrons. The third-order valence-corrected chi connectivity index (χ3v) is 3.20. The number of aliphatic hydroxyl groups is 1. The monoisotopic (exact) mass is 244 g/mol. The van der Waals surface area contributed by atoms with Gasteiger partial charge in [-0.3, -0.25) is 9.59 Å². The molecule has 0 atom stereocenters. The third kappa shape index (κ3) is 1.91. The van der Waals surface area contributed by atoms with Gasteiger partial charge in [0.1, 0.15) is 0 Å². The minimum atomic E-state index is -1.89. The summed E-state index contributed by atoms with van der Waals surface area (Å²) in [6.45, 7) is 2.04. The first-order chi connectivity index (χ1) is 8.61. The summed E-state index contributed by atoms with van der Waals surface area (Å²) in [5.41, 5.74) is -1.24. The normalized spacial score (nSPS) is 17.4. The zero-order chi connectivity index (χ0) is 13.2. The molecule has 94 valence electrons. The van der Waals surface area contributed by atoms with E-state index in [1.807, 2.05) is 13.0 Å². The van der Waals surface area contributed by atoms with Gasteiger partial charge >= 0.3 is 0 Å². The van der Waals surface area contributed by atoms with E-state index >= 15 is 0 Å². The second kappa shape index (κ2) is 4.86. The van der Waals surface area contributed by atoms with Crippen LogP contribution in [-0.4, -0.2) is 22.3 Å². The number of hydrogen-bond acceptors (Lipinski definition) is 3. The number of unbranched alkanes of at least 4 members (excludes halogenated alkanes) is 1. The highest BCUT2D eigenvalue weighted by Crippen LogP contribution is 2.32. The number of allylic oxidation sites excluding steroid dienone is 1. The van der Waals surface area contributed by atoms with E-state index in [0.717, 1.165) is 12.8 Å². The fourth-order valence-corrected chi connectivity index (χ4v) is 2.15. The minimum absolute atomic E-state index is 0.0549. The van der Waals surface area contributed by atoms with E-state index in [-0.39, 0.29) is 6.42 Å². The molecule has 0 aliphatic heterocycles. The van der Waals surface area contributed by atoms with E-state index < -0.39 is 17.2 Å². The Kier molecular flexibility index (Phi) is 3.43. The number of Topliss-reactive ketones (excluding diaryl/α,β-unsaturated/α-hetero) is 2. The minimum Gasteiger partial charge on any atom is -0.374 e. The molecular formula is C15H16O3. The van der Waals surface area contributed by atoms with Crippen molar-refractivity contribution in [2.75, 3.05) is 0 Å². The molecule has 1 N–H and O–H groups in total. The average molecular weight is 244 g/mol. The van der Waals surface area contributed by atoms with Crippen molar-refractivity contribution in [2.24, 2.45) is 0 Å². The molecule has 1 aliphatic carbocycles. The van der Waals surface area contributed by atoms with Gasteiger partial charge in [0.2, 0.25) is 11.6 Å². The van der Waals surface area contributed by atoms with Gasteiger partial charge in [0.15, 0.2) is 5.60 Å². The van der Waals surface area contributed by atoms with Crippen molar-refractivity contribution < 1.29 is 14.7 Å². The van der Waals surface area contributed by atoms with E-state index in [0.29, 0.717) is 11.1 Å². The summed E-state index contributed by atoms with van der Waals surface area (Å²) in [5, 5.41) is 10.3. The average Bonchev–Trinajstić information content (AvgIpc) is 2.59. The number of carbonyl (C=O) groups excluding carboxylic acids is 2. The van der Waals surface area contributed by atoms with Gasteiger partial charge in [0, 0.05) is 17.5 Å². The molecule has 18 heavy (non-hydrogen) atoms. The van der Waals surface area contributed by atoms with Gasteiger partial charge in [0.25, 0.3) is 0 Å². The number of rotatable bonds is 4. The molecule has 0 saturated carbocycles. The van der Waals surface area contributed by atoms with Crippen LogP contribution in [0.2, 0.25) is 0 Å². The van der Waals surface area contributed by atoms with Crippen LogP contribution >= 0.6 is 0 Å². The lowest BCUT2D eigenvalue weighted by Gasteiger charge is -2.16. The molecule has 1 aromatic rings. The molecule has 3 heteroatoms. The van der Waals surface area contributed by atoms with Crippen molar-refractivity contribution in [1.29, 1.82) is 0 Å². The molecule has 3 nitrogen and oxygen atoms in total. The SMILES string of the molecule is CCC/C=C/CC1(O)C(=O)c2ccccc2C1=O. The summed E-state index contributed by atoms with van der Waals surface area (Å²) < 4.78 is 0. The largest absolute Gasteiger partial charge is 0.374 e. The van der Waals surface area contributed by atoms with Crippen LogP contribution in [0, 0.1) is 0 Å². The van der Waals surface area contributed by atoms with Gasteiger partial charge in [-0.15, -0.1) is 0 Å². The molecule has 1 aromatic carbocycles. The van der Waals surface area contributed by atoms with E-state index in [9.17, 15) is 14.7 Å². The Balaban J connectivity index is 2.26. The van der Waals surface area contributed by atoms with Gasteiger partial charge < -0.3 is 5.11 Å². The Morgan fingerprint density at radius 3 is 2.17 bits per heavy atom. The molecule has 0 aromatic heterocycles. The Morgan fingerprint density at radius 1 is 1.11 bits per heavy atom. The molecule has 0 bridgehead atoms. The van der Waals surface area contributed by atoms with E-state index in [4.69, 9.17) is 0 Å². The predicted molar refractivity (Wildman–Crippen MR) is 68.7 cm³/mol. The molecule has 1 aliphatic rings. The van der Waals surface area contributed by atoms with Gasteiger partial charge in [-0.1, -0.05) is 49.8 Å². The van der Waals surface area contributed by atoms with E-state index in [2.05, 4.69) is 0 Å². The van der Waals surface area contributed by atoms with Crippen LogP contribution in [0.4, 0.5) is 0 Å². The first-order valence-electron chi connectivity index (χ1n) is 6.17. The summed E-state index contributed by atoms with van der Waals surface area (Å²) in [5.74, 6) is -0.964. The summed E-state index contributed by atoms with van der Waals surface area (Å²) in [4.78, 5) is 24.2. The number of fused-ring (bicyclic) bond motifs is 1. The first-order valence-corrected chi connectivity index (χ1v) is 6.17. The summed E-state index contributed by atoms with van der Waals surface area (Å²) in [6.07, 6.45) is 5.54. The van der Waals surface area contributed by atoms with Crippen LogP contribution < -0.4 is 0 Å². The van der Waals surface area contributed by atoms with Gasteiger partial charge in [-0.2, -0.15) is 0 Å². The third-order valence-electron chi connectivity index (χ3n) is 3.20. The smallest absolute Gasteiger partial charge is 0.203 e. The van der Waals surface area contributed by atoms with Crippen LogP contribution in [0.5, 0.6) is 0 Å². The molecule has 0 saturated heterocycles. The van der Waals surface area contributed by atoms with Crippen molar-refractivity contribution in [1.82, 2.24) is 0 Å². The highest BCUT2D eigenvalue weighted by atomic mass is 16.3. The quantitative estimate of drug-likeness (QED) is 0.654. The Bertz CT molecular complexity index is 479. The zero-order valence-electron chi connectivity index (χ0n) is 10.3. The van der Waals surface area contributed by atoms with Gasteiger partial charge in [0.05, 0.1) is 0 Å². The van der Waals surface area contributed by atoms with Crippen molar-refractivity contribution in [3.05, 3.63) is 47.5 Å². The fourth-order valence-electron chi connectivity index (χ4n) is 2.15. The molecule has 0 spiro atoms. The Labute approximate surface area is 106 Å². The summed E-state index contributed by atoms with van der Waals surface area (Å²) in [6, 6.07) is 6.57. The van der Waals surface area contributed by atoms with Crippen LogP contribution in [0.25, 0.3) is 0 Å². The Morgan fingerprint density at radius 2 is 1.67 bits per heavy atom. The zero-order valence-corrected chi connectivity index (χ0v) is 10.3. The number of benzene rings is 1. The van der Waals surface area contributed by atoms with E-state index in [1.165, 1.54) is 0 Å². The topological polar surface area (TPSA) is 54.4 Å². The van der Waals surface area contributed by atoms with Crippen LogP contribution in [0.1, 0.15) is 46.9 Å². The summed E-state index contributed by atoms with van der Waals surface area (Å²) in [7, 11) is 0. The Hall–Kier alpha value is -1.74. The molecular weight excluding hydrogens is 228 g/mol. The van der Waals surface area contributed by atoms with Crippen LogP contribution in [-0.2, 0) is 0 Å². The van der Waals surface area contributed by atoms with Crippen molar-refractivity contribution in [2.45, 2.75) is 31.8 Å². The van der Waals surface area contributed by atoms with Crippen LogP contribution in [0.3, 0.4) is 0 Å². The number of hydrogen-bond donors (Lipinski definition) is 1. The predicted octanol–water partition coefficient (Wildman–Crippen LogP) is 2.54. The standard InChI is InChI=1S/C15H16O3/c1-2-3-4-7-10-15(18)13(16)11-8-5-6-9-12(11)14(15)17/h4-9,18H,2-3,10H2,1H3/b7-4+. The lowest BCUT2D eigenvalue weighted by atomic mass is 9.93. The number of carbonyl (C=O) groups is 2. The number of ketones is 2. The maximum atomic E-state index is 12.1. The first kappa shape index (κ1) is 12.7. The van der Waals surface area contributed by atoms with Crippen molar-refractivity contribution in [3.63, 3.8) is 0 Å². The van der Waals surface area contributed by atoms with Gasteiger partial charge in [-0.05, 0) is 6.42 Å². The summed E-state index contributed by atoms with van der Waals surface area (Å²) >= 11 is 0. The maximum absolute atomic E-state index is 12.1. The highest BCUT2D eigenvalue weighted by molar-refractivity contribution is 6.31. The second-order valence-corrected chi connectivity index (χ2v) is 4.53. The van der Waals surface area contributed by atoms with Crippen LogP contribution in [0.15, 0.2) is 36.4 Å². The fraction of sp³-hybridized carbons (Fsp3) is 0.333. The molecule has 2 rings (SSSR count). The highest BCUT2D eigenvalue weighted by Gasteiger charge is 2.50. The lowest BCUT2D eigenvalue weighted by Crippen LogP contribution is -2.40. The van der Waals surface area contributed by atoms with Crippen molar-refractivity contribution >= 4 is 11.6 Å². The molecule has 0 heterocycles. The van der Waals surface area contributed by atoms with E-state index in [1.54, 1.807) is 30.3 Å². The lowest BCUT2D eigenvalue weighted by molar-refractivity contribution is 0.0343. The van der Waals surface area contributed by atoms with Crippen molar-refractivity contribution in [3.8, 4) is 0 Å². The van der Waals surface area contributed by atoms with Gasteiger partial charge in [-0.25, -0.2) is 0 Å².